The van der Waals surface area contributed by atoms with Gasteiger partial charge in [-0.2, -0.15) is 0 Å². The fourth-order valence-electron chi connectivity index (χ4n) is 1.67. The van der Waals surface area contributed by atoms with Gasteiger partial charge >= 0.3 is 5.97 Å². The van der Waals surface area contributed by atoms with Gasteiger partial charge in [-0.1, -0.05) is 0 Å². The first-order chi connectivity index (χ1) is 9.73. The lowest BCUT2D eigenvalue weighted by molar-refractivity contribution is -0.116. The largest absolute Gasteiger partial charge is 0.465 e. The SMILES string of the molecule is COC(=O)c1cc(F)ccc1NC(=O)CCNC(C)(C)C. The summed E-state index contributed by atoms with van der Waals surface area (Å²) < 4.78 is 17.8. The molecule has 1 rings (SSSR count). The predicted octanol–water partition coefficient (Wildman–Crippen LogP) is 2.33. The first-order valence-corrected chi connectivity index (χ1v) is 6.65. The van der Waals surface area contributed by atoms with Gasteiger partial charge in [0.1, 0.15) is 5.82 Å². The molecule has 0 saturated carbocycles. The molecule has 21 heavy (non-hydrogen) atoms. The van der Waals surface area contributed by atoms with Crippen LogP contribution in [0.3, 0.4) is 0 Å². The molecule has 0 aliphatic rings. The molecule has 0 aliphatic carbocycles. The summed E-state index contributed by atoms with van der Waals surface area (Å²) in [7, 11) is 1.20. The highest BCUT2D eigenvalue weighted by Gasteiger charge is 2.15. The molecule has 0 saturated heterocycles. The molecular formula is C15H21FN2O3. The Balaban J connectivity index is 2.70. The van der Waals surface area contributed by atoms with Gasteiger partial charge < -0.3 is 15.4 Å². The highest BCUT2D eigenvalue weighted by atomic mass is 19.1. The molecule has 0 spiro atoms. The second kappa shape index (κ2) is 7.17. The van der Waals surface area contributed by atoms with E-state index in [9.17, 15) is 14.0 Å². The van der Waals surface area contributed by atoms with E-state index in [2.05, 4.69) is 15.4 Å². The molecule has 0 aliphatic heterocycles. The summed E-state index contributed by atoms with van der Waals surface area (Å²) in [5, 5.41) is 5.78. The molecule has 1 amide bonds. The molecule has 0 bridgehead atoms. The van der Waals surface area contributed by atoms with Gasteiger partial charge in [0, 0.05) is 18.5 Å². The Morgan fingerprint density at radius 1 is 1.29 bits per heavy atom. The number of hydrogen-bond acceptors (Lipinski definition) is 4. The van der Waals surface area contributed by atoms with Gasteiger partial charge in [-0.25, -0.2) is 9.18 Å². The van der Waals surface area contributed by atoms with E-state index in [1.165, 1.54) is 19.2 Å². The standard InChI is InChI=1S/C15H21FN2O3/c1-15(2,3)17-8-7-13(19)18-12-6-5-10(16)9-11(12)14(20)21-4/h5-6,9,17H,7-8H2,1-4H3,(H,18,19). The Hall–Kier alpha value is -1.95. The average molecular weight is 296 g/mol. The quantitative estimate of drug-likeness (QED) is 0.818. The van der Waals surface area contributed by atoms with Crippen molar-refractivity contribution < 1.29 is 18.7 Å². The fourth-order valence-corrected chi connectivity index (χ4v) is 1.67. The van der Waals surface area contributed by atoms with Crippen LogP contribution in [0.5, 0.6) is 0 Å². The highest BCUT2D eigenvalue weighted by molar-refractivity contribution is 6.01. The van der Waals surface area contributed by atoms with Crippen molar-refractivity contribution in [1.29, 1.82) is 0 Å². The first kappa shape index (κ1) is 17.1. The fraction of sp³-hybridized carbons (Fsp3) is 0.467. The van der Waals surface area contributed by atoms with Crippen molar-refractivity contribution >= 4 is 17.6 Å². The maximum absolute atomic E-state index is 13.2. The van der Waals surface area contributed by atoms with Crippen LogP contribution in [-0.4, -0.2) is 31.1 Å². The number of carbonyl (C=O) groups excluding carboxylic acids is 2. The summed E-state index contributed by atoms with van der Waals surface area (Å²) >= 11 is 0. The van der Waals surface area contributed by atoms with Crippen molar-refractivity contribution in [3.8, 4) is 0 Å². The van der Waals surface area contributed by atoms with Gasteiger partial charge in [0.2, 0.25) is 5.91 Å². The zero-order valence-corrected chi connectivity index (χ0v) is 12.7. The highest BCUT2D eigenvalue weighted by Crippen LogP contribution is 2.18. The second-order valence-corrected chi connectivity index (χ2v) is 5.66. The van der Waals surface area contributed by atoms with Crippen molar-refractivity contribution in [1.82, 2.24) is 5.32 Å². The lowest BCUT2D eigenvalue weighted by Gasteiger charge is -2.20. The summed E-state index contributed by atoms with van der Waals surface area (Å²) in [5.41, 5.74) is 0.159. The Kier molecular flexibility index (Phi) is 5.84. The van der Waals surface area contributed by atoms with E-state index in [-0.39, 0.29) is 29.1 Å². The third-order valence-corrected chi connectivity index (χ3v) is 2.67. The molecule has 0 atom stereocenters. The summed E-state index contributed by atoms with van der Waals surface area (Å²) in [4.78, 5) is 23.4. The minimum Gasteiger partial charge on any atom is -0.465 e. The zero-order valence-electron chi connectivity index (χ0n) is 12.7. The van der Waals surface area contributed by atoms with Crippen LogP contribution >= 0.6 is 0 Å². The van der Waals surface area contributed by atoms with E-state index in [4.69, 9.17) is 0 Å². The number of hydrogen-bond donors (Lipinski definition) is 2. The maximum Gasteiger partial charge on any atom is 0.340 e. The number of anilines is 1. The summed E-state index contributed by atoms with van der Waals surface area (Å²) in [6.45, 7) is 6.50. The molecule has 0 fully saturated rings. The number of halogens is 1. The monoisotopic (exact) mass is 296 g/mol. The van der Waals surface area contributed by atoms with Gasteiger partial charge in [-0.15, -0.1) is 0 Å². The lowest BCUT2D eigenvalue weighted by Crippen LogP contribution is -2.37. The van der Waals surface area contributed by atoms with Crippen LogP contribution in [0.2, 0.25) is 0 Å². The van der Waals surface area contributed by atoms with Gasteiger partial charge in [-0.05, 0) is 39.0 Å². The van der Waals surface area contributed by atoms with Gasteiger partial charge in [-0.3, -0.25) is 4.79 Å². The summed E-state index contributed by atoms with van der Waals surface area (Å²) in [5.74, 6) is -1.52. The number of rotatable bonds is 5. The Bertz CT molecular complexity index is 524. The van der Waals surface area contributed by atoms with Crippen molar-refractivity contribution in [2.45, 2.75) is 32.7 Å². The predicted molar refractivity (Wildman–Crippen MR) is 78.7 cm³/mol. The van der Waals surface area contributed by atoms with E-state index in [1.54, 1.807) is 0 Å². The van der Waals surface area contributed by atoms with Crippen LogP contribution in [0, 0.1) is 5.82 Å². The number of carbonyl (C=O) groups is 2. The average Bonchev–Trinajstić information content (AvgIpc) is 2.38. The molecule has 0 heterocycles. The van der Waals surface area contributed by atoms with Crippen LogP contribution in [0.15, 0.2) is 18.2 Å². The summed E-state index contributed by atoms with van der Waals surface area (Å²) in [6.07, 6.45) is 0.245. The number of esters is 1. The molecule has 5 nitrogen and oxygen atoms in total. The molecule has 0 aromatic heterocycles. The van der Waals surface area contributed by atoms with Crippen molar-refractivity contribution in [2.75, 3.05) is 19.0 Å². The Morgan fingerprint density at radius 2 is 1.95 bits per heavy atom. The Morgan fingerprint density at radius 3 is 2.52 bits per heavy atom. The molecule has 0 radical (unpaired) electrons. The minimum atomic E-state index is -0.697. The number of ether oxygens (including phenoxy) is 1. The normalized spacial score (nSPS) is 11.1. The third-order valence-electron chi connectivity index (χ3n) is 2.67. The van der Waals surface area contributed by atoms with Crippen LogP contribution in [0.1, 0.15) is 37.6 Å². The third kappa shape index (κ3) is 5.91. The number of methoxy groups -OCH3 is 1. The Labute approximate surface area is 123 Å². The van der Waals surface area contributed by atoms with Gasteiger partial charge in [0.05, 0.1) is 18.4 Å². The van der Waals surface area contributed by atoms with Gasteiger partial charge in [0.25, 0.3) is 0 Å². The molecule has 1 aromatic carbocycles. The van der Waals surface area contributed by atoms with E-state index in [1.807, 2.05) is 20.8 Å². The van der Waals surface area contributed by atoms with Crippen LogP contribution in [0.4, 0.5) is 10.1 Å². The number of amides is 1. The molecule has 1 aromatic rings. The molecular weight excluding hydrogens is 275 g/mol. The smallest absolute Gasteiger partial charge is 0.340 e. The lowest BCUT2D eigenvalue weighted by atomic mass is 10.1. The van der Waals surface area contributed by atoms with Crippen molar-refractivity contribution in [2.24, 2.45) is 0 Å². The van der Waals surface area contributed by atoms with Crippen LogP contribution < -0.4 is 10.6 Å². The topological polar surface area (TPSA) is 67.4 Å². The summed E-state index contributed by atoms with van der Waals surface area (Å²) in [6, 6.07) is 3.56. The van der Waals surface area contributed by atoms with E-state index in [0.717, 1.165) is 6.07 Å². The van der Waals surface area contributed by atoms with E-state index in [0.29, 0.717) is 6.54 Å². The maximum atomic E-state index is 13.2. The minimum absolute atomic E-state index is 0.00497. The van der Waals surface area contributed by atoms with E-state index >= 15 is 0 Å². The second-order valence-electron chi connectivity index (χ2n) is 5.66. The molecule has 2 N–H and O–H groups in total. The molecule has 6 heteroatoms. The van der Waals surface area contributed by atoms with Gasteiger partial charge in [0.15, 0.2) is 0 Å². The zero-order chi connectivity index (χ0) is 16.0. The van der Waals surface area contributed by atoms with Crippen LogP contribution in [-0.2, 0) is 9.53 Å². The van der Waals surface area contributed by atoms with Crippen molar-refractivity contribution in [3.63, 3.8) is 0 Å². The van der Waals surface area contributed by atoms with E-state index < -0.39 is 11.8 Å². The van der Waals surface area contributed by atoms with Crippen LogP contribution in [0.25, 0.3) is 0 Å². The first-order valence-electron chi connectivity index (χ1n) is 6.65. The number of nitrogens with one attached hydrogen (secondary N) is 2. The van der Waals surface area contributed by atoms with Crippen molar-refractivity contribution in [3.05, 3.63) is 29.6 Å². The number of benzene rings is 1. The molecule has 0 unspecified atom stereocenters. The molecule has 116 valence electrons.